The van der Waals surface area contributed by atoms with Gasteiger partial charge in [-0.3, -0.25) is 9.59 Å². The summed E-state index contributed by atoms with van der Waals surface area (Å²) in [5, 5.41) is 13.8. The van der Waals surface area contributed by atoms with E-state index in [4.69, 9.17) is 5.11 Å². The molecular weight excluding hydrogens is 315 g/mol. The van der Waals surface area contributed by atoms with E-state index in [-0.39, 0.29) is 23.6 Å². The number of carbonyl (C=O) groups excluding carboxylic acids is 2. The lowest BCUT2D eigenvalue weighted by Gasteiger charge is -2.09. The van der Waals surface area contributed by atoms with Crippen molar-refractivity contribution in [2.24, 2.45) is 0 Å². The van der Waals surface area contributed by atoms with Crippen LogP contribution in [-0.2, 0) is 16.0 Å². The molecule has 2 aromatic carbocycles. The molecule has 2 amide bonds. The molecule has 0 atom stereocenters. The number of carbonyl (C=O) groups is 3. The van der Waals surface area contributed by atoms with Crippen molar-refractivity contribution in [3.63, 3.8) is 0 Å². The molecule has 0 saturated carbocycles. The first-order valence-corrected chi connectivity index (χ1v) is 7.04. The first kappa shape index (κ1) is 17.1. The fraction of sp³-hybridized carbons (Fsp3) is 0.118. The molecule has 0 aliphatic heterocycles. The van der Waals surface area contributed by atoms with Gasteiger partial charge in [0.2, 0.25) is 11.8 Å². The van der Waals surface area contributed by atoms with Crippen molar-refractivity contribution in [1.82, 2.24) is 0 Å². The van der Waals surface area contributed by atoms with Gasteiger partial charge in [-0.15, -0.1) is 0 Å². The Morgan fingerprint density at radius 3 is 2.50 bits per heavy atom. The Kier molecular flexibility index (Phi) is 5.26. The summed E-state index contributed by atoms with van der Waals surface area (Å²) in [6, 6.07) is 9.75. The number of aromatic carboxylic acids is 1. The lowest BCUT2D eigenvalue weighted by Crippen LogP contribution is -2.16. The summed E-state index contributed by atoms with van der Waals surface area (Å²) in [6.45, 7) is 1.32. The van der Waals surface area contributed by atoms with E-state index in [1.54, 1.807) is 6.07 Å². The van der Waals surface area contributed by atoms with Gasteiger partial charge in [0.15, 0.2) is 0 Å². The molecule has 6 nitrogen and oxygen atoms in total. The fourth-order valence-corrected chi connectivity index (χ4v) is 2.10. The normalized spacial score (nSPS) is 10.1. The monoisotopic (exact) mass is 330 g/mol. The molecule has 2 aromatic rings. The number of carboxylic acids is 1. The van der Waals surface area contributed by atoms with E-state index in [9.17, 15) is 18.8 Å². The molecule has 2 rings (SSSR count). The van der Waals surface area contributed by atoms with Crippen LogP contribution in [0.2, 0.25) is 0 Å². The zero-order valence-corrected chi connectivity index (χ0v) is 12.8. The largest absolute Gasteiger partial charge is 0.478 e. The molecule has 3 N–H and O–H groups in total. The third-order valence-corrected chi connectivity index (χ3v) is 3.10. The van der Waals surface area contributed by atoms with Crippen LogP contribution in [0.15, 0.2) is 42.5 Å². The van der Waals surface area contributed by atoms with Gasteiger partial charge in [0, 0.05) is 12.6 Å². The molecule has 0 radical (unpaired) electrons. The third-order valence-electron chi connectivity index (χ3n) is 3.10. The van der Waals surface area contributed by atoms with Crippen molar-refractivity contribution < 1.29 is 23.9 Å². The number of amides is 2. The minimum Gasteiger partial charge on any atom is -0.478 e. The number of hydrogen-bond donors (Lipinski definition) is 3. The average Bonchev–Trinajstić information content (AvgIpc) is 2.50. The molecule has 0 aliphatic rings. The Balaban J connectivity index is 2.10. The maximum Gasteiger partial charge on any atom is 0.335 e. The predicted octanol–water partition coefficient (Wildman–Crippen LogP) is 2.66. The van der Waals surface area contributed by atoms with Crippen molar-refractivity contribution >= 4 is 29.2 Å². The third kappa shape index (κ3) is 4.64. The lowest BCUT2D eigenvalue weighted by molar-refractivity contribution is -0.116. The Hall–Kier alpha value is -3.22. The van der Waals surface area contributed by atoms with E-state index < -0.39 is 17.7 Å². The van der Waals surface area contributed by atoms with Gasteiger partial charge >= 0.3 is 5.97 Å². The van der Waals surface area contributed by atoms with Gasteiger partial charge in [0.25, 0.3) is 0 Å². The maximum atomic E-state index is 13.8. The Morgan fingerprint density at radius 2 is 1.83 bits per heavy atom. The van der Waals surface area contributed by atoms with E-state index >= 15 is 0 Å². The van der Waals surface area contributed by atoms with Gasteiger partial charge in [-0.05, 0) is 35.9 Å². The van der Waals surface area contributed by atoms with Crippen molar-refractivity contribution in [1.29, 1.82) is 0 Å². The van der Waals surface area contributed by atoms with E-state index in [0.29, 0.717) is 11.3 Å². The standard InChI is InChI=1S/C17H15FN2O4/c1-10(21)19-13-5-6-14(18)15(9-13)20-16(22)8-11-3-2-4-12(7-11)17(23)24/h2-7,9H,8H2,1H3,(H,19,21)(H,20,22)(H,23,24). The van der Waals surface area contributed by atoms with Crippen LogP contribution in [0.3, 0.4) is 0 Å². The molecule has 7 heteroatoms. The average molecular weight is 330 g/mol. The molecule has 0 bridgehead atoms. The van der Waals surface area contributed by atoms with Gasteiger partial charge in [-0.25, -0.2) is 9.18 Å². The molecule has 0 aliphatic carbocycles. The Bertz CT molecular complexity index is 805. The summed E-state index contributed by atoms with van der Waals surface area (Å²) in [5.74, 6) is -2.55. The highest BCUT2D eigenvalue weighted by atomic mass is 19.1. The van der Waals surface area contributed by atoms with Crippen LogP contribution in [0.4, 0.5) is 15.8 Å². The second-order valence-electron chi connectivity index (χ2n) is 5.11. The highest BCUT2D eigenvalue weighted by Crippen LogP contribution is 2.20. The molecule has 0 spiro atoms. The van der Waals surface area contributed by atoms with Crippen molar-refractivity contribution in [3.8, 4) is 0 Å². The molecular formula is C17H15FN2O4. The maximum absolute atomic E-state index is 13.8. The van der Waals surface area contributed by atoms with E-state index in [1.807, 2.05) is 0 Å². The predicted molar refractivity (Wildman–Crippen MR) is 86.4 cm³/mol. The quantitative estimate of drug-likeness (QED) is 0.785. The van der Waals surface area contributed by atoms with Crippen LogP contribution < -0.4 is 10.6 Å². The number of carboxylic acid groups (broad SMARTS) is 1. The molecule has 24 heavy (non-hydrogen) atoms. The van der Waals surface area contributed by atoms with E-state index in [1.165, 1.54) is 37.3 Å². The minimum atomic E-state index is -1.09. The van der Waals surface area contributed by atoms with E-state index in [2.05, 4.69) is 10.6 Å². The van der Waals surface area contributed by atoms with Crippen LogP contribution >= 0.6 is 0 Å². The first-order valence-electron chi connectivity index (χ1n) is 7.04. The topological polar surface area (TPSA) is 95.5 Å². The SMILES string of the molecule is CC(=O)Nc1ccc(F)c(NC(=O)Cc2cccc(C(=O)O)c2)c1. The summed E-state index contributed by atoms with van der Waals surface area (Å²) in [4.78, 5) is 34.0. The Morgan fingerprint density at radius 1 is 1.08 bits per heavy atom. The van der Waals surface area contributed by atoms with Crippen LogP contribution in [0.5, 0.6) is 0 Å². The summed E-state index contributed by atoms with van der Waals surface area (Å²) < 4.78 is 13.8. The number of hydrogen-bond acceptors (Lipinski definition) is 3. The number of halogens is 1. The highest BCUT2D eigenvalue weighted by molar-refractivity contribution is 5.95. The highest BCUT2D eigenvalue weighted by Gasteiger charge is 2.11. The number of benzene rings is 2. The molecule has 0 unspecified atom stereocenters. The van der Waals surface area contributed by atoms with Crippen LogP contribution in [0, 0.1) is 5.82 Å². The van der Waals surface area contributed by atoms with Crippen LogP contribution in [-0.4, -0.2) is 22.9 Å². The summed E-state index contributed by atoms with van der Waals surface area (Å²) in [5.41, 5.74) is 0.845. The van der Waals surface area contributed by atoms with Crippen LogP contribution in [0.1, 0.15) is 22.8 Å². The second kappa shape index (κ2) is 7.36. The van der Waals surface area contributed by atoms with Crippen LogP contribution in [0.25, 0.3) is 0 Å². The molecule has 0 fully saturated rings. The summed E-state index contributed by atoms with van der Waals surface area (Å²) >= 11 is 0. The summed E-state index contributed by atoms with van der Waals surface area (Å²) in [6.07, 6.45) is -0.106. The fourth-order valence-electron chi connectivity index (χ4n) is 2.10. The van der Waals surface area contributed by atoms with Gasteiger partial charge in [0.05, 0.1) is 17.7 Å². The van der Waals surface area contributed by atoms with Gasteiger partial charge in [-0.2, -0.15) is 0 Å². The molecule has 0 heterocycles. The second-order valence-corrected chi connectivity index (χ2v) is 5.11. The smallest absolute Gasteiger partial charge is 0.335 e. The number of nitrogens with one attached hydrogen (secondary N) is 2. The first-order chi connectivity index (χ1) is 11.3. The number of rotatable bonds is 5. The van der Waals surface area contributed by atoms with Crippen molar-refractivity contribution in [2.45, 2.75) is 13.3 Å². The van der Waals surface area contributed by atoms with Gasteiger partial charge in [0.1, 0.15) is 5.82 Å². The summed E-state index contributed by atoms with van der Waals surface area (Å²) in [7, 11) is 0. The molecule has 0 saturated heterocycles. The Labute approximate surface area is 137 Å². The van der Waals surface area contributed by atoms with Gasteiger partial charge < -0.3 is 15.7 Å². The van der Waals surface area contributed by atoms with Crippen molar-refractivity contribution in [2.75, 3.05) is 10.6 Å². The molecule has 0 aromatic heterocycles. The molecule has 124 valence electrons. The zero-order chi connectivity index (χ0) is 17.7. The zero-order valence-electron chi connectivity index (χ0n) is 12.8. The lowest BCUT2D eigenvalue weighted by atomic mass is 10.1. The minimum absolute atomic E-state index is 0.0686. The van der Waals surface area contributed by atoms with Gasteiger partial charge in [-0.1, -0.05) is 12.1 Å². The van der Waals surface area contributed by atoms with Crippen molar-refractivity contribution in [3.05, 3.63) is 59.4 Å². The number of anilines is 2. The van der Waals surface area contributed by atoms with E-state index in [0.717, 1.165) is 6.07 Å².